The smallest absolute Gasteiger partial charge is 0.168 e. The van der Waals surface area contributed by atoms with Crippen LogP contribution in [0.2, 0.25) is 0 Å². The van der Waals surface area contributed by atoms with Crippen molar-refractivity contribution >= 4 is 11.9 Å². The van der Waals surface area contributed by atoms with E-state index in [0.29, 0.717) is 5.69 Å². The SMILES string of the molecule is CC(C)(C)Cc1nc2ccccn2c1C=O. The Morgan fingerprint density at radius 2 is 2.12 bits per heavy atom. The highest BCUT2D eigenvalue weighted by Crippen LogP contribution is 2.22. The molecule has 2 rings (SSSR count). The molecule has 0 fully saturated rings. The number of carbonyl (C=O) groups excluding carboxylic acids is 1. The van der Waals surface area contributed by atoms with Crippen LogP contribution < -0.4 is 0 Å². The third-order valence-electron chi connectivity index (χ3n) is 2.45. The van der Waals surface area contributed by atoms with E-state index in [-0.39, 0.29) is 5.41 Å². The summed E-state index contributed by atoms with van der Waals surface area (Å²) in [6.07, 6.45) is 3.57. The Morgan fingerprint density at radius 1 is 1.38 bits per heavy atom. The first-order valence-corrected chi connectivity index (χ1v) is 5.42. The third kappa shape index (κ3) is 1.98. The van der Waals surface area contributed by atoms with E-state index in [2.05, 4.69) is 25.8 Å². The van der Waals surface area contributed by atoms with Crippen LogP contribution in [0.25, 0.3) is 5.65 Å². The summed E-state index contributed by atoms with van der Waals surface area (Å²) < 4.78 is 1.84. The van der Waals surface area contributed by atoms with Crippen LogP contribution in [0.15, 0.2) is 24.4 Å². The molecule has 3 nitrogen and oxygen atoms in total. The number of hydrogen-bond acceptors (Lipinski definition) is 2. The number of carbonyl (C=O) groups is 1. The van der Waals surface area contributed by atoms with Gasteiger partial charge in [-0.15, -0.1) is 0 Å². The van der Waals surface area contributed by atoms with Crippen molar-refractivity contribution in [2.75, 3.05) is 0 Å². The van der Waals surface area contributed by atoms with Gasteiger partial charge < -0.3 is 0 Å². The van der Waals surface area contributed by atoms with Crippen LogP contribution in [0.1, 0.15) is 37.0 Å². The standard InChI is InChI=1S/C13H16N2O/c1-13(2,3)8-10-11(9-16)15-7-5-4-6-12(15)14-10/h4-7,9H,8H2,1-3H3. The Labute approximate surface area is 95.1 Å². The second kappa shape index (κ2) is 3.74. The minimum atomic E-state index is 0.135. The molecule has 0 bridgehead atoms. The van der Waals surface area contributed by atoms with E-state index in [4.69, 9.17) is 0 Å². The summed E-state index contributed by atoms with van der Waals surface area (Å²) in [7, 11) is 0. The number of aldehydes is 1. The fraction of sp³-hybridized carbons (Fsp3) is 0.385. The predicted molar refractivity (Wildman–Crippen MR) is 63.7 cm³/mol. The fourth-order valence-electron chi connectivity index (χ4n) is 1.82. The first-order chi connectivity index (χ1) is 7.51. The van der Waals surface area contributed by atoms with Gasteiger partial charge in [-0.2, -0.15) is 0 Å². The van der Waals surface area contributed by atoms with Gasteiger partial charge in [-0.25, -0.2) is 4.98 Å². The maximum absolute atomic E-state index is 11.1. The molecule has 0 aliphatic heterocycles. The Hall–Kier alpha value is -1.64. The number of rotatable bonds is 2. The zero-order chi connectivity index (χ0) is 11.8. The zero-order valence-electron chi connectivity index (χ0n) is 9.90. The number of hydrogen-bond donors (Lipinski definition) is 0. The van der Waals surface area contributed by atoms with Crippen LogP contribution in [-0.2, 0) is 6.42 Å². The van der Waals surface area contributed by atoms with Gasteiger partial charge in [-0.3, -0.25) is 9.20 Å². The van der Waals surface area contributed by atoms with Crippen molar-refractivity contribution in [1.82, 2.24) is 9.38 Å². The minimum Gasteiger partial charge on any atom is -0.297 e. The lowest BCUT2D eigenvalue weighted by Crippen LogP contribution is -2.11. The Kier molecular flexibility index (Phi) is 2.54. The van der Waals surface area contributed by atoms with Crippen LogP contribution in [0.5, 0.6) is 0 Å². The van der Waals surface area contributed by atoms with Crippen LogP contribution in [0, 0.1) is 5.41 Å². The van der Waals surface area contributed by atoms with E-state index < -0.39 is 0 Å². The molecular weight excluding hydrogens is 200 g/mol. The van der Waals surface area contributed by atoms with Crippen molar-refractivity contribution < 1.29 is 4.79 Å². The maximum Gasteiger partial charge on any atom is 0.168 e. The molecule has 0 N–H and O–H groups in total. The first kappa shape index (κ1) is 10.9. The van der Waals surface area contributed by atoms with E-state index in [9.17, 15) is 4.79 Å². The van der Waals surface area contributed by atoms with E-state index in [1.807, 2.05) is 28.8 Å². The van der Waals surface area contributed by atoms with Crippen molar-refractivity contribution in [1.29, 1.82) is 0 Å². The van der Waals surface area contributed by atoms with E-state index >= 15 is 0 Å². The molecule has 84 valence electrons. The first-order valence-electron chi connectivity index (χ1n) is 5.42. The number of fused-ring (bicyclic) bond motifs is 1. The molecule has 0 aromatic carbocycles. The summed E-state index contributed by atoms with van der Waals surface area (Å²) in [5.74, 6) is 0. The van der Waals surface area contributed by atoms with Gasteiger partial charge in [0, 0.05) is 6.20 Å². The molecule has 0 aliphatic rings. The largest absolute Gasteiger partial charge is 0.297 e. The summed E-state index contributed by atoms with van der Waals surface area (Å²) in [6.45, 7) is 6.43. The molecule has 2 aromatic rings. The summed E-state index contributed by atoms with van der Waals surface area (Å²) in [6, 6.07) is 5.75. The van der Waals surface area contributed by atoms with Gasteiger partial charge >= 0.3 is 0 Å². The Morgan fingerprint density at radius 3 is 2.75 bits per heavy atom. The van der Waals surface area contributed by atoms with Crippen LogP contribution in [0.4, 0.5) is 0 Å². The van der Waals surface area contributed by atoms with Crippen molar-refractivity contribution in [2.45, 2.75) is 27.2 Å². The van der Waals surface area contributed by atoms with Crippen molar-refractivity contribution in [2.24, 2.45) is 5.41 Å². The van der Waals surface area contributed by atoms with E-state index in [1.54, 1.807) is 0 Å². The van der Waals surface area contributed by atoms with Crippen LogP contribution in [-0.4, -0.2) is 15.7 Å². The van der Waals surface area contributed by atoms with Gasteiger partial charge in [0.05, 0.1) is 5.69 Å². The fourth-order valence-corrected chi connectivity index (χ4v) is 1.82. The highest BCUT2D eigenvalue weighted by molar-refractivity contribution is 5.76. The second-order valence-corrected chi connectivity index (χ2v) is 5.23. The van der Waals surface area contributed by atoms with E-state index in [0.717, 1.165) is 24.0 Å². The lowest BCUT2D eigenvalue weighted by molar-refractivity contribution is 0.111. The molecule has 0 amide bonds. The minimum absolute atomic E-state index is 0.135. The quantitative estimate of drug-likeness (QED) is 0.723. The average Bonchev–Trinajstić information content (AvgIpc) is 2.51. The average molecular weight is 216 g/mol. The molecule has 0 saturated carbocycles. The molecule has 0 spiro atoms. The second-order valence-electron chi connectivity index (χ2n) is 5.23. The lowest BCUT2D eigenvalue weighted by Gasteiger charge is -2.16. The molecule has 0 saturated heterocycles. The Balaban J connectivity index is 2.57. The van der Waals surface area contributed by atoms with Crippen LogP contribution >= 0.6 is 0 Å². The van der Waals surface area contributed by atoms with Gasteiger partial charge in [0.25, 0.3) is 0 Å². The van der Waals surface area contributed by atoms with Gasteiger partial charge in [0.2, 0.25) is 0 Å². The highest BCUT2D eigenvalue weighted by Gasteiger charge is 2.18. The summed E-state index contributed by atoms with van der Waals surface area (Å²) in [5, 5.41) is 0. The monoisotopic (exact) mass is 216 g/mol. The maximum atomic E-state index is 11.1. The van der Waals surface area contributed by atoms with Crippen molar-refractivity contribution in [3.63, 3.8) is 0 Å². The molecule has 2 heterocycles. The molecule has 16 heavy (non-hydrogen) atoms. The molecule has 2 aromatic heterocycles. The van der Waals surface area contributed by atoms with E-state index in [1.165, 1.54) is 0 Å². The number of imidazole rings is 1. The Bertz CT molecular complexity index is 520. The number of pyridine rings is 1. The van der Waals surface area contributed by atoms with Crippen LogP contribution in [0.3, 0.4) is 0 Å². The molecular formula is C13H16N2O. The zero-order valence-corrected chi connectivity index (χ0v) is 9.90. The van der Waals surface area contributed by atoms with Gasteiger partial charge in [0.1, 0.15) is 11.3 Å². The third-order valence-corrected chi connectivity index (χ3v) is 2.45. The van der Waals surface area contributed by atoms with Crippen molar-refractivity contribution in [3.8, 4) is 0 Å². The molecule has 3 heteroatoms. The van der Waals surface area contributed by atoms with Gasteiger partial charge in [-0.05, 0) is 24.0 Å². The van der Waals surface area contributed by atoms with Crippen molar-refractivity contribution in [3.05, 3.63) is 35.8 Å². The lowest BCUT2D eigenvalue weighted by atomic mass is 9.90. The van der Waals surface area contributed by atoms with Gasteiger partial charge in [-0.1, -0.05) is 26.8 Å². The highest BCUT2D eigenvalue weighted by atomic mass is 16.1. The molecule has 0 radical (unpaired) electrons. The molecule has 0 aliphatic carbocycles. The van der Waals surface area contributed by atoms with Gasteiger partial charge in [0.15, 0.2) is 6.29 Å². The molecule has 0 unspecified atom stereocenters. The number of nitrogens with zero attached hydrogens (tertiary/aromatic N) is 2. The normalized spacial score (nSPS) is 11.9. The summed E-state index contributed by atoms with van der Waals surface area (Å²) >= 11 is 0. The predicted octanol–water partition coefficient (Wildman–Crippen LogP) is 2.74. The number of aromatic nitrogens is 2. The topological polar surface area (TPSA) is 34.4 Å². The molecule has 0 atom stereocenters. The summed E-state index contributed by atoms with van der Waals surface area (Å²) in [4.78, 5) is 15.6. The summed E-state index contributed by atoms with van der Waals surface area (Å²) in [5.41, 5.74) is 2.53.